The quantitative estimate of drug-likeness (QED) is 0.345. The number of nitrogens with zero attached hydrogens (tertiary/aromatic N) is 2. The number of carboxylic acids is 1. The van der Waals surface area contributed by atoms with Crippen LogP contribution in [0.1, 0.15) is 16.9 Å². The maximum absolute atomic E-state index is 10.8. The molecule has 0 amide bonds. The van der Waals surface area contributed by atoms with Gasteiger partial charge in [-0.1, -0.05) is 0 Å². The summed E-state index contributed by atoms with van der Waals surface area (Å²) in [5, 5.41) is 22.2. The molecule has 0 atom stereocenters. The van der Waals surface area contributed by atoms with Gasteiger partial charge in [0.25, 0.3) is 0 Å². The number of pyridine rings is 1. The number of aromatic nitrogens is 1. The smallest absolute Gasteiger partial charge is 0.354 e. The second kappa shape index (κ2) is 6.95. The Morgan fingerprint density at radius 3 is 2.62 bits per heavy atom. The Balaban J connectivity index is 2.70. The zero-order valence-corrected chi connectivity index (χ0v) is 11.9. The Labute approximate surface area is 120 Å². The molecule has 0 saturated carbocycles. The second-order valence-corrected chi connectivity index (χ2v) is 5.91. The summed E-state index contributed by atoms with van der Waals surface area (Å²) in [6.45, 7) is 0.345. The second-order valence-electron chi connectivity index (χ2n) is 4.07. The predicted molar refractivity (Wildman–Crippen MR) is 73.8 cm³/mol. The molecule has 0 fully saturated rings. The van der Waals surface area contributed by atoms with Gasteiger partial charge in [0.1, 0.15) is 0 Å². The number of carbonyl (C=O) groups is 1. The predicted octanol–water partition coefficient (Wildman–Crippen LogP) is 0.0392. The Bertz CT molecular complexity index is 645. The molecule has 0 saturated heterocycles. The molecule has 0 aliphatic carbocycles. The van der Waals surface area contributed by atoms with Crippen molar-refractivity contribution in [1.82, 2.24) is 9.71 Å². The number of rotatable bonds is 8. The van der Waals surface area contributed by atoms with Gasteiger partial charge in [-0.2, -0.15) is 0 Å². The lowest BCUT2D eigenvalue weighted by Gasteiger charge is -2.07. The molecule has 116 valence electrons. The van der Waals surface area contributed by atoms with Crippen molar-refractivity contribution in [3.63, 3.8) is 0 Å². The standard InChI is InChI=1S/C10H14N4O6S/c1-21(19,20)12-6-2-5-11-9-8(14(17)18)4-3-7(13-9)10(15)16/h3-4,12H,2,5-6H2,1H3,(H,11,13)(H,15,16). The molecule has 0 unspecified atom stereocenters. The summed E-state index contributed by atoms with van der Waals surface area (Å²) in [5.41, 5.74) is -0.673. The van der Waals surface area contributed by atoms with Gasteiger partial charge in [0.2, 0.25) is 15.8 Å². The van der Waals surface area contributed by atoms with Gasteiger partial charge in [-0.25, -0.2) is 22.9 Å². The highest BCUT2D eigenvalue weighted by molar-refractivity contribution is 7.88. The fourth-order valence-corrected chi connectivity index (χ4v) is 1.92. The lowest BCUT2D eigenvalue weighted by molar-refractivity contribution is -0.384. The van der Waals surface area contributed by atoms with Crippen LogP contribution in [0.4, 0.5) is 11.5 Å². The van der Waals surface area contributed by atoms with Gasteiger partial charge in [-0.15, -0.1) is 0 Å². The molecular weight excluding hydrogens is 304 g/mol. The Hall–Kier alpha value is -2.27. The van der Waals surface area contributed by atoms with Gasteiger partial charge >= 0.3 is 11.7 Å². The van der Waals surface area contributed by atoms with E-state index in [0.717, 1.165) is 18.4 Å². The molecular formula is C10H14N4O6S. The van der Waals surface area contributed by atoms with Crippen LogP contribution in [0.2, 0.25) is 0 Å². The first-order chi connectivity index (χ1) is 9.70. The summed E-state index contributed by atoms with van der Waals surface area (Å²) in [5.74, 6) is -1.47. The largest absolute Gasteiger partial charge is 0.477 e. The summed E-state index contributed by atoms with van der Waals surface area (Å²) >= 11 is 0. The first-order valence-corrected chi connectivity index (χ1v) is 7.67. The van der Waals surface area contributed by atoms with Crippen molar-refractivity contribution in [3.05, 3.63) is 27.9 Å². The number of carboxylic acid groups (broad SMARTS) is 1. The summed E-state index contributed by atoms with van der Waals surface area (Å²) in [7, 11) is -3.29. The lowest BCUT2D eigenvalue weighted by atomic mass is 10.3. The third-order valence-electron chi connectivity index (χ3n) is 2.30. The third kappa shape index (κ3) is 5.71. The number of aromatic carboxylic acids is 1. The molecule has 0 radical (unpaired) electrons. The van der Waals surface area contributed by atoms with Crippen molar-refractivity contribution >= 4 is 27.5 Å². The first kappa shape index (κ1) is 16.8. The van der Waals surface area contributed by atoms with Crippen LogP contribution in [0.5, 0.6) is 0 Å². The van der Waals surface area contributed by atoms with E-state index in [2.05, 4.69) is 15.0 Å². The molecule has 0 aliphatic heterocycles. The van der Waals surface area contributed by atoms with Crippen LogP contribution in [0.3, 0.4) is 0 Å². The number of hydrogen-bond acceptors (Lipinski definition) is 7. The minimum absolute atomic E-state index is 0.151. The van der Waals surface area contributed by atoms with Gasteiger partial charge in [0.05, 0.1) is 11.2 Å². The molecule has 21 heavy (non-hydrogen) atoms. The Morgan fingerprint density at radius 2 is 2.10 bits per heavy atom. The first-order valence-electron chi connectivity index (χ1n) is 5.78. The van der Waals surface area contributed by atoms with E-state index in [-0.39, 0.29) is 30.3 Å². The molecule has 11 heteroatoms. The van der Waals surface area contributed by atoms with Crippen molar-refractivity contribution in [3.8, 4) is 0 Å². The van der Waals surface area contributed by atoms with Crippen LogP contribution in [0.25, 0.3) is 0 Å². The van der Waals surface area contributed by atoms with E-state index in [1.807, 2.05) is 0 Å². The highest BCUT2D eigenvalue weighted by Crippen LogP contribution is 2.21. The zero-order chi connectivity index (χ0) is 16.0. The number of anilines is 1. The highest BCUT2D eigenvalue weighted by atomic mass is 32.2. The van der Waals surface area contributed by atoms with Gasteiger partial charge < -0.3 is 10.4 Å². The van der Waals surface area contributed by atoms with E-state index >= 15 is 0 Å². The minimum Gasteiger partial charge on any atom is -0.477 e. The molecule has 0 spiro atoms. The van der Waals surface area contributed by atoms with Crippen LogP contribution in [0, 0.1) is 10.1 Å². The van der Waals surface area contributed by atoms with E-state index in [9.17, 15) is 23.3 Å². The molecule has 3 N–H and O–H groups in total. The number of hydrogen-bond donors (Lipinski definition) is 3. The van der Waals surface area contributed by atoms with Crippen molar-refractivity contribution in [2.24, 2.45) is 0 Å². The maximum atomic E-state index is 10.8. The molecule has 0 aliphatic rings. The van der Waals surface area contributed by atoms with Gasteiger partial charge in [-0.05, 0) is 12.5 Å². The summed E-state index contributed by atoms with van der Waals surface area (Å²) in [6.07, 6.45) is 1.37. The van der Waals surface area contributed by atoms with Crippen molar-refractivity contribution in [2.75, 3.05) is 24.7 Å². The average molecular weight is 318 g/mol. The van der Waals surface area contributed by atoms with Gasteiger partial charge in [0, 0.05) is 19.2 Å². The Morgan fingerprint density at radius 1 is 1.43 bits per heavy atom. The van der Waals surface area contributed by atoms with E-state index in [1.54, 1.807) is 0 Å². The molecule has 0 aromatic carbocycles. The van der Waals surface area contributed by atoms with Crippen LogP contribution in [-0.4, -0.2) is 48.7 Å². The van der Waals surface area contributed by atoms with E-state index in [0.29, 0.717) is 6.42 Å². The van der Waals surface area contributed by atoms with Crippen LogP contribution in [0.15, 0.2) is 12.1 Å². The number of nitrogens with one attached hydrogen (secondary N) is 2. The normalized spacial score (nSPS) is 11.1. The lowest BCUT2D eigenvalue weighted by Crippen LogP contribution is -2.24. The zero-order valence-electron chi connectivity index (χ0n) is 11.1. The monoisotopic (exact) mass is 318 g/mol. The fraction of sp³-hybridized carbons (Fsp3) is 0.400. The molecule has 0 bridgehead atoms. The molecule has 1 aromatic rings. The number of nitro groups is 1. The van der Waals surface area contributed by atoms with Gasteiger partial charge in [-0.3, -0.25) is 10.1 Å². The van der Waals surface area contributed by atoms with Crippen LogP contribution < -0.4 is 10.0 Å². The minimum atomic E-state index is -3.29. The summed E-state index contributed by atoms with van der Waals surface area (Å²) in [4.78, 5) is 24.6. The van der Waals surface area contributed by atoms with Gasteiger partial charge in [0.15, 0.2) is 5.69 Å². The molecule has 1 rings (SSSR count). The van der Waals surface area contributed by atoms with Crippen LogP contribution in [-0.2, 0) is 10.0 Å². The van der Waals surface area contributed by atoms with Crippen molar-refractivity contribution in [1.29, 1.82) is 0 Å². The van der Waals surface area contributed by atoms with Crippen molar-refractivity contribution in [2.45, 2.75) is 6.42 Å². The third-order valence-corrected chi connectivity index (χ3v) is 3.03. The number of sulfonamides is 1. The Kier molecular flexibility index (Phi) is 5.55. The SMILES string of the molecule is CS(=O)(=O)NCCCNc1nc(C(=O)O)ccc1[N+](=O)[O-]. The maximum Gasteiger partial charge on any atom is 0.354 e. The summed E-state index contributed by atoms with van der Waals surface area (Å²) < 4.78 is 23.9. The highest BCUT2D eigenvalue weighted by Gasteiger charge is 2.17. The average Bonchev–Trinajstić information content (AvgIpc) is 2.36. The summed E-state index contributed by atoms with van der Waals surface area (Å²) in [6, 6.07) is 2.09. The van der Waals surface area contributed by atoms with Crippen LogP contribution >= 0.6 is 0 Å². The topological polar surface area (TPSA) is 152 Å². The van der Waals surface area contributed by atoms with E-state index in [4.69, 9.17) is 5.11 Å². The molecule has 1 heterocycles. The van der Waals surface area contributed by atoms with E-state index < -0.39 is 20.9 Å². The molecule has 10 nitrogen and oxygen atoms in total. The molecule has 1 aromatic heterocycles. The fourth-order valence-electron chi connectivity index (χ4n) is 1.40. The van der Waals surface area contributed by atoms with Crippen molar-refractivity contribution < 1.29 is 23.2 Å². The van der Waals surface area contributed by atoms with E-state index in [1.165, 1.54) is 0 Å².